The summed E-state index contributed by atoms with van der Waals surface area (Å²) < 4.78 is 21.9. The maximum absolute atomic E-state index is 13.4. The molecule has 0 saturated heterocycles. The fraction of sp³-hybridized carbons (Fsp3) is 0. The van der Waals surface area contributed by atoms with Crippen LogP contribution in [0.25, 0.3) is 16.7 Å². The van der Waals surface area contributed by atoms with Gasteiger partial charge in [0, 0.05) is 4.47 Å². The Morgan fingerprint density at radius 1 is 1.10 bits per heavy atom. The van der Waals surface area contributed by atoms with Gasteiger partial charge in [0.15, 0.2) is 0 Å². The third-order valence-corrected chi connectivity index (χ3v) is 3.98. The summed E-state index contributed by atoms with van der Waals surface area (Å²) in [4.78, 5) is 0.190. The second-order valence-electron chi connectivity index (χ2n) is 4.13. The number of nitrogens with zero attached hydrogens (tertiary/aromatic N) is 1. The standard InChI is InChI=1S/C14H7BrFNOS2/c15-8-4-5-12-11(6-8)13(19)17(14(20)18-12)10-3-1-2-9(16)7-10/h1-7H. The van der Waals surface area contributed by atoms with E-state index in [0.29, 0.717) is 15.9 Å². The van der Waals surface area contributed by atoms with Gasteiger partial charge < -0.3 is 4.42 Å². The van der Waals surface area contributed by atoms with E-state index in [-0.39, 0.29) is 10.7 Å². The molecule has 0 atom stereocenters. The summed E-state index contributed by atoms with van der Waals surface area (Å²) >= 11 is 14.1. The van der Waals surface area contributed by atoms with E-state index in [4.69, 9.17) is 28.9 Å². The van der Waals surface area contributed by atoms with Crippen molar-refractivity contribution < 1.29 is 8.81 Å². The number of aromatic nitrogens is 1. The quantitative estimate of drug-likeness (QED) is 0.522. The van der Waals surface area contributed by atoms with E-state index in [0.717, 1.165) is 9.86 Å². The lowest BCUT2D eigenvalue weighted by atomic mass is 10.2. The molecule has 0 bridgehead atoms. The van der Waals surface area contributed by atoms with Gasteiger partial charge in [-0.15, -0.1) is 0 Å². The van der Waals surface area contributed by atoms with E-state index in [2.05, 4.69) is 15.9 Å². The van der Waals surface area contributed by atoms with Crippen molar-refractivity contribution in [2.45, 2.75) is 0 Å². The zero-order valence-corrected chi connectivity index (χ0v) is 13.2. The normalized spacial score (nSPS) is 10.9. The predicted molar refractivity (Wildman–Crippen MR) is 84.9 cm³/mol. The Hall–Kier alpha value is -1.37. The van der Waals surface area contributed by atoms with Crippen molar-refractivity contribution in [3.63, 3.8) is 0 Å². The van der Waals surface area contributed by atoms with Crippen LogP contribution in [0.1, 0.15) is 0 Å². The van der Waals surface area contributed by atoms with Gasteiger partial charge in [-0.1, -0.05) is 34.2 Å². The smallest absolute Gasteiger partial charge is 0.274 e. The molecule has 0 spiro atoms. The van der Waals surface area contributed by atoms with Gasteiger partial charge in [-0.05, 0) is 48.6 Å². The van der Waals surface area contributed by atoms with Crippen LogP contribution in [0.4, 0.5) is 4.39 Å². The molecule has 1 aromatic heterocycles. The molecular formula is C14H7BrFNOS2. The highest BCUT2D eigenvalue weighted by Gasteiger charge is 2.08. The average molecular weight is 368 g/mol. The fourth-order valence-electron chi connectivity index (χ4n) is 1.94. The van der Waals surface area contributed by atoms with Crippen molar-refractivity contribution >= 4 is 51.3 Å². The van der Waals surface area contributed by atoms with Crippen molar-refractivity contribution in [1.82, 2.24) is 4.57 Å². The summed E-state index contributed by atoms with van der Waals surface area (Å²) in [5, 5.41) is 0.743. The van der Waals surface area contributed by atoms with Crippen LogP contribution in [0.3, 0.4) is 0 Å². The van der Waals surface area contributed by atoms with Crippen molar-refractivity contribution in [1.29, 1.82) is 0 Å². The first-order valence-corrected chi connectivity index (χ1v) is 7.28. The molecule has 3 aromatic rings. The Labute approximate surface area is 132 Å². The van der Waals surface area contributed by atoms with Gasteiger partial charge in [0.25, 0.3) is 4.84 Å². The molecule has 0 aliphatic rings. The van der Waals surface area contributed by atoms with Gasteiger partial charge in [0.1, 0.15) is 16.0 Å². The lowest BCUT2D eigenvalue weighted by molar-refractivity contribution is 0.536. The van der Waals surface area contributed by atoms with E-state index in [9.17, 15) is 4.39 Å². The fourth-order valence-corrected chi connectivity index (χ4v) is 2.99. The summed E-state index contributed by atoms with van der Waals surface area (Å²) in [6.07, 6.45) is 0. The minimum atomic E-state index is -0.354. The van der Waals surface area contributed by atoms with Gasteiger partial charge in [-0.25, -0.2) is 4.39 Å². The van der Waals surface area contributed by atoms with Crippen LogP contribution >= 0.6 is 40.4 Å². The van der Waals surface area contributed by atoms with Gasteiger partial charge >= 0.3 is 0 Å². The minimum Gasteiger partial charge on any atom is -0.431 e. The van der Waals surface area contributed by atoms with Crippen LogP contribution in [0.5, 0.6) is 0 Å². The molecule has 0 radical (unpaired) electrons. The number of hydrogen-bond acceptors (Lipinski definition) is 3. The largest absolute Gasteiger partial charge is 0.431 e. The molecule has 0 unspecified atom stereocenters. The monoisotopic (exact) mass is 367 g/mol. The Balaban J connectivity index is 2.42. The summed E-state index contributed by atoms with van der Waals surface area (Å²) in [6, 6.07) is 11.6. The molecule has 0 amide bonds. The summed E-state index contributed by atoms with van der Waals surface area (Å²) in [5.41, 5.74) is 1.15. The summed E-state index contributed by atoms with van der Waals surface area (Å²) in [6.45, 7) is 0. The van der Waals surface area contributed by atoms with Crippen molar-refractivity contribution in [3.8, 4) is 5.69 Å². The van der Waals surface area contributed by atoms with Crippen LogP contribution in [-0.2, 0) is 0 Å². The van der Waals surface area contributed by atoms with Gasteiger partial charge in [0.2, 0.25) is 0 Å². The molecule has 20 heavy (non-hydrogen) atoms. The Bertz CT molecular complexity index is 932. The first-order chi connectivity index (χ1) is 9.56. The van der Waals surface area contributed by atoms with Crippen LogP contribution in [-0.4, -0.2) is 4.57 Å². The molecule has 2 aromatic carbocycles. The number of rotatable bonds is 1. The van der Waals surface area contributed by atoms with E-state index in [1.54, 1.807) is 22.8 Å². The maximum atomic E-state index is 13.4. The third-order valence-electron chi connectivity index (χ3n) is 2.82. The van der Waals surface area contributed by atoms with Crippen LogP contribution < -0.4 is 0 Å². The van der Waals surface area contributed by atoms with Crippen molar-refractivity contribution in [2.24, 2.45) is 0 Å². The molecule has 0 fully saturated rings. The molecule has 0 aliphatic heterocycles. The van der Waals surface area contributed by atoms with E-state index < -0.39 is 0 Å². The number of halogens is 2. The third kappa shape index (κ3) is 2.34. The van der Waals surface area contributed by atoms with Crippen LogP contribution in [0.2, 0.25) is 0 Å². The van der Waals surface area contributed by atoms with Crippen LogP contribution in [0.15, 0.2) is 51.4 Å². The zero-order chi connectivity index (χ0) is 14.3. The highest BCUT2D eigenvalue weighted by Crippen LogP contribution is 2.24. The second-order valence-corrected chi connectivity index (χ2v) is 5.78. The Kier molecular flexibility index (Phi) is 3.54. The van der Waals surface area contributed by atoms with Gasteiger partial charge in [-0.3, -0.25) is 4.57 Å². The molecule has 1 heterocycles. The highest BCUT2D eigenvalue weighted by molar-refractivity contribution is 9.10. The van der Waals surface area contributed by atoms with Gasteiger partial charge in [-0.2, -0.15) is 0 Å². The lowest BCUT2D eigenvalue weighted by Gasteiger charge is -2.09. The molecule has 0 saturated carbocycles. The summed E-state index contributed by atoms with van der Waals surface area (Å²) in [5.74, 6) is -0.354. The van der Waals surface area contributed by atoms with Crippen molar-refractivity contribution in [3.05, 3.63) is 62.2 Å². The lowest BCUT2D eigenvalue weighted by Crippen LogP contribution is -1.99. The summed E-state index contributed by atoms with van der Waals surface area (Å²) in [7, 11) is 0. The average Bonchev–Trinajstić information content (AvgIpc) is 2.40. The first-order valence-electron chi connectivity index (χ1n) is 5.67. The first kappa shape index (κ1) is 13.6. The van der Waals surface area contributed by atoms with E-state index in [1.807, 2.05) is 12.1 Å². The number of hydrogen-bond donors (Lipinski definition) is 0. The molecule has 6 heteroatoms. The molecule has 0 N–H and O–H groups in total. The topological polar surface area (TPSA) is 18.1 Å². The van der Waals surface area contributed by atoms with Crippen molar-refractivity contribution in [2.75, 3.05) is 0 Å². The number of fused-ring (bicyclic) bond motifs is 1. The second kappa shape index (κ2) is 5.20. The van der Waals surface area contributed by atoms with Gasteiger partial charge in [0.05, 0.1) is 11.1 Å². The van der Waals surface area contributed by atoms with E-state index >= 15 is 0 Å². The zero-order valence-electron chi connectivity index (χ0n) is 9.97. The maximum Gasteiger partial charge on any atom is 0.274 e. The molecular weight excluding hydrogens is 361 g/mol. The predicted octanol–water partition coefficient (Wildman–Crippen LogP) is 5.58. The Morgan fingerprint density at radius 2 is 1.90 bits per heavy atom. The number of benzene rings is 2. The molecule has 3 rings (SSSR count). The SMILES string of the molecule is Fc1cccc(-n2c(=S)oc3ccc(Br)cc3c2=S)c1. The Morgan fingerprint density at radius 3 is 2.65 bits per heavy atom. The minimum absolute atomic E-state index is 0.190. The molecule has 2 nitrogen and oxygen atoms in total. The highest BCUT2D eigenvalue weighted by atomic mass is 79.9. The van der Waals surface area contributed by atoms with E-state index in [1.165, 1.54) is 12.1 Å². The van der Waals surface area contributed by atoms with Crippen LogP contribution in [0, 0.1) is 15.3 Å². The molecule has 0 aliphatic carbocycles. The molecule has 100 valence electrons.